The number of halogens is 2. The summed E-state index contributed by atoms with van der Waals surface area (Å²) in [5, 5.41) is -0.0961. The summed E-state index contributed by atoms with van der Waals surface area (Å²) in [6, 6.07) is 13.2. The van der Waals surface area contributed by atoms with Crippen LogP contribution in [0.2, 0.25) is 5.02 Å². The molecule has 0 fully saturated rings. The maximum atomic E-state index is 13.0. The maximum Gasteiger partial charge on any atom is 0.333 e. The summed E-state index contributed by atoms with van der Waals surface area (Å²) in [5.41, 5.74) is 1.23. The lowest BCUT2D eigenvalue weighted by Gasteiger charge is -2.06. The Labute approximate surface area is 104 Å². The first-order chi connectivity index (χ1) is 8.00. The van der Waals surface area contributed by atoms with Gasteiger partial charge in [0.25, 0.3) is 0 Å². The van der Waals surface area contributed by atoms with Crippen LogP contribution < -0.4 is 0 Å². The standard InChI is InChI=1S/C12H8ClFO2S/c13-12-10(9-5-2-1-3-6-9)7-4-8-11(12)17(14,15)16/h1-8H. The lowest BCUT2D eigenvalue weighted by molar-refractivity contribution is 0.552. The Morgan fingerprint density at radius 1 is 0.941 bits per heavy atom. The van der Waals surface area contributed by atoms with Crippen LogP contribution in [-0.4, -0.2) is 8.42 Å². The van der Waals surface area contributed by atoms with Crippen LogP contribution in [-0.2, 0) is 10.2 Å². The molecule has 2 aromatic carbocycles. The van der Waals surface area contributed by atoms with Crippen molar-refractivity contribution in [3.05, 3.63) is 53.6 Å². The van der Waals surface area contributed by atoms with E-state index in [2.05, 4.69) is 0 Å². The average Bonchev–Trinajstić information content (AvgIpc) is 2.29. The summed E-state index contributed by atoms with van der Waals surface area (Å²) >= 11 is 5.91. The molecule has 0 bridgehead atoms. The Bertz CT molecular complexity index is 639. The highest BCUT2D eigenvalue weighted by Gasteiger charge is 2.18. The van der Waals surface area contributed by atoms with Gasteiger partial charge in [-0.25, -0.2) is 0 Å². The smallest absolute Gasteiger partial charge is 0.189 e. The lowest BCUT2D eigenvalue weighted by atomic mass is 10.1. The molecule has 0 aromatic heterocycles. The summed E-state index contributed by atoms with van der Waals surface area (Å²) in [4.78, 5) is -0.500. The van der Waals surface area contributed by atoms with Crippen LogP contribution in [0, 0.1) is 0 Å². The van der Waals surface area contributed by atoms with Crippen LogP contribution in [0.5, 0.6) is 0 Å². The van der Waals surface area contributed by atoms with Crippen LogP contribution in [0.4, 0.5) is 3.89 Å². The highest BCUT2D eigenvalue weighted by atomic mass is 35.5. The molecular formula is C12H8ClFO2S. The fraction of sp³-hybridized carbons (Fsp3) is 0. The fourth-order valence-corrected chi connectivity index (χ4v) is 2.62. The van der Waals surface area contributed by atoms with E-state index in [-0.39, 0.29) is 5.02 Å². The highest BCUT2D eigenvalue weighted by Crippen LogP contribution is 2.33. The third-order valence-corrected chi connectivity index (χ3v) is 3.70. The second-order valence-electron chi connectivity index (χ2n) is 3.42. The van der Waals surface area contributed by atoms with E-state index in [1.807, 2.05) is 6.07 Å². The monoisotopic (exact) mass is 270 g/mol. The molecular weight excluding hydrogens is 263 g/mol. The van der Waals surface area contributed by atoms with Crippen molar-refractivity contribution in [1.29, 1.82) is 0 Å². The van der Waals surface area contributed by atoms with Crippen molar-refractivity contribution in [2.75, 3.05) is 0 Å². The van der Waals surface area contributed by atoms with Crippen LogP contribution >= 0.6 is 11.6 Å². The zero-order chi connectivity index (χ0) is 12.5. The van der Waals surface area contributed by atoms with Gasteiger partial charge in [-0.05, 0) is 11.6 Å². The first-order valence-electron chi connectivity index (χ1n) is 4.79. The second-order valence-corrected chi connectivity index (χ2v) is 5.12. The van der Waals surface area contributed by atoms with Gasteiger partial charge < -0.3 is 0 Å². The summed E-state index contributed by atoms with van der Waals surface area (Å²) < 4.78 is 34.7. The molecule has 17 heavy (non-hydrogen) atoms. The van der Waals surface area contributed by atoms with Crippen LogP contribution in [0.1, 0.15) is 0 Å². The van der Waals surface area contributed by atoms with E-state index >= 15 is 0 Å². The van der Waals surface area contributed by atoms with E-state index in [0.29, 0.717) is 5.56 Å². The zero-order valence-corrected chi connectivity index (χ0v) is 10.2. The van der Waals surface area contributed by atoms with Gasteiger partial charge in [0, 0.05) is 5.56 Å². The van der Waals surface area contributed by atoms with Gasteiger partial charge in [-0.2, -0.15) is 8.42 Å². The van der Waals surface area contributed by atoms with Gasteiger partial charge >= 0.3 is 10.2 Å². The molecule has 0 heterocycles. The Morgan fingerprint density at radius 3 is 2.18 bits per heavy atom. The van der Waals surface area contributed by atoms with Crippen LogP contribution in [0.25, 0.3) is 11.1 Å². The van der Waals surface area contributed by atoms with Crippen molar-refractivity contribution >= 4 is 21.8 Å². The Kier molecular flexibility index (Phi) is 3.17. The molecule has 2 aromatic rings. The molecule has 2 rings (SSSR count). The molecule has 0 spiro atoms. The van der Waals surface area contributed by atoms with Crippen molar-refractivity contribution < 1.29 is 12.3 Å². The van der Waals surface area contributed by atoms with E-state index in [1.165, 1.54) is 6.07 Å². The van der Waals surface area contributed by atoms with Gasteiger partial charge in [-0.15, -0.1) is 3.89 Å². The summed E-state index contributed by atoms with van der Waals surface area (Å²) in [6.07, 6.45) is 0. The molecule has 5 heteroatoms. The van der Waals surface area contributed by atoms with Gasteiger partial charge in [0.15, 0.2) is 0 Å². The summed E-state index contributed by atoms with van der Waals surface area (Å²) in [7, 11) is -4.80. The molecule has 0 unspecified atom stereocenters. The molecule has 0 atom stereocenters. The third kappa shape index (κ3) is 2.48. The van der Waals surface area contributed by atoms with Crippen molar-refractivity contribution in [2.24, 2.45) is 0 Å². The normalized spacial score (nSPS) is 11.4. The molecule has 0 N–H and O–H groups in total. The van der Waals surface area contributed by atoms with E-state index in [9.17, 15) is 12.3 Å². The van der Waals surface area contributed by atoms with Gasteiger partial charge in [0.2, 0.25) is 0 Å². The Hall–Kier alpha value is -1.39. The minimum Gasteiger partial charge on any atom is -0.189 e. The van der Waals surface area contributed by atoms with Crippen molar-refractivity contribution in [3.63, 3.8) is 0 Å². The minimum atomic E-state index is -4.80. The molecule has 0 aliphatic carbocycles. The SMILES string of the molecule is O=S(=O)(F)c1cccc(-c2ccccc2)c1Cl. The third-order valence-electron chi connectivity index (χ3n) is 2.31. The fourth-order valence-electron chi connectivity index (χ4n) is 1.54. The molecule has 0 aliphatic rings. The predicted octanol–water partition coefficient (Wildman–Crippen LogP) is 3.67. The lowest BCUT2D eigenvalue weighted by Crippen LogP contribution is -1.94. The maximum absolute atomic E-state index is 13.0. The molecule has 0 saturated heterocycles. The van der Waals surface area contributed by atoms with Crippen LogP contribution in [0.3, 0.4) is 0 Å². The van der Waals surface area contributed by atoms with Crippen molar-refractivity contribution in [3.8, 4) is 11.1 Å². The van der Waals surface area contributed by atoms with E-state index in [0.717, 1.165) is 11.6 Å². The summed E-state index contributed by atoms with van der Waals surface area (Å²) in [5.74, 6) is 0. The number of benzene rings is 2. The number of hydrogen-bond acceptors (Lipinski definition) is 2. The molecule has 2 nitrogen and oxygen atoms in total. The highest BCUT2D eigenvalue weighted by molar-refractivity contribution is 7.86. The van der Waals surface area contributed by atoms with Gasteiger partial charge in [-0.1, -0.05) is 54.1 Å². The Morgan fingerprint density at radius 2 is 1.59 bits per heavy atom. The largest absolute Gasteiger partial charge is 0.333 e. The second kappa shape index (κ2) is 4.47. The first-order valence-corrected chi connectivity index (χ1v) is 6.55. The quantitative estimate of drug-likeness (QED) is 0.781. The molecule has 0 amide bonds. The Balaban J connectivity index is 2.67. The average molecular weight is 271 g/mol. The van der Waals surface area contributed by atoms with Gasteiger partial charge in [0.05, 0.1) is 5.02 Å². The van der Waals surface area contributed by atoms with Crippen molar-refractivity contribution in [2.45, 2.75) is 4.90 Å². The summed E-state index contributed by atoms with van der Waals surface area (Å²) in [6.45, 7) is 0. The molecule has 0 saturated carbocycles. The van der Waals surface area contributed by atoms with E-state index in [4.69, 9.17) is 11.6 Å². The predicted molar refractivity (Wildman–Crippen MR) is 65.2 cm³/mol. The first kappa shape index (κ1) is 12.1. The topological polar surface area (TPSA) is 34.1 Å². The van der Waals surface area contributed by atoms with Gasteiger partial charge in [0.1, 0.15) is 4.90 Å². The molecule has 0 aliphatic heterocycles. The zero-order valence-electron chi connectivity index (χ0n) is 8.60. The minimum absolute atomic E-state index is 0.0961. The molecule has 88 valence electrons. The van der Waals surface area contributed by atoms with E-state index in [1.54, 1.807) is 30.3 Å². The molecule has 0 radical (unpaired) electrons. The van der Waals surface area contributed by atoms with Gasteiger partial charge in [-0.3, -0.25) is 0 Å². The number of rotatable bonds is 2. The van der Waals surface area contributed by atoms with E-state index < -0.39 is 15.1 Å². The van der Waals surface area contributed by atoms with Crippen molar-refractivity contribution in [1.82, 2.24) is 0 Å². The van der Waals surface area contributed by atoms with Crippen LogP contribution in [0.15, 0.2) is 53.4 Å². The number of hydrogen-bond donors (Lipinski definition) is 0.